The molecule has 0 amide bonds. The minimum atomic E-state index is -0.879. The monoisotopic (exact) mass is 223 g/mol. The van der Waals surface area contributed by atoms with E-state index in [2.05, 4.69) is 19.9 Å². The van der Waals surface area contributed by atoms with Crippen molar-refractivity contribution in [2.75, 3.05) is 0 Å². The van der Waals surface area contributed by atoms with Crippen LogP contribution >= 0.6 is 0 Å². The van der Waals surface area contributed by atoms with Crippen LogP contribution in [0.1, 0.15) is 36.1 Å². The first kappa shape index (κ1) is 10.8. The highest BCUT2D eigenvalue weighted by molar-refractivity contribution is 7.85. The normalized spacial score (nSPS) is 30.0. The lowest BCUT2D eigenvalue weighted by Gasteiger charge is -2.27. The zero-order valence-corrected chi connectivity index (χ0v) is 10.2. The van der Waals surface area contributed by atoms with Crippen LogP contribution in [-0.4, -0.2) is 9.46 Å². The molecule has 0 saturated carbocycles. The molecule has 1 aromatic rings. The molecule has 3 unspecified atom stereocenters. The first-order chi connectivity index (χ1) is 7.00. The SMILES string of the molecule is Cc1cc2c(cc1C)S(=O)C(C)CC2N. The van der Waals surface area contributed by atoms with Crippen molar-refractivity contribution in [2.45, 2.75) is 43.4 Å². The highest BCUT2D eigenvalue weighted by Gasteiger charge is 2.28. The summed E-state index contributed by atoms with van der Waals surface area (Å²) in [7, 11) is -0.879. The molecule has 0 saturated heterocycles. The third-order valence-corrected chi connectivity index (χ3v) is 4.90. The summed E-state index contributed by atoms with van der Waals surface area (Å²) in [6.07, 6.45) is 0.822. The fourth-order valence-electron chi connectivity index (χ4n) is 2.06. The molecule has 0 aliphatic carbocycles. The molecule has 15 heavy (non-hydrogen) atoms. The fraction of sp³-hybridized carbons (Fsp3) is 0.500. The van der Waals surface area contributed by atoms with E-state index in [0.29, 0.717) is 0 Å². The van der Waals surface area contributed by atoms with Crippen LogP contribution in [-0.2, 0) is 10.8 Å². The molecule has 2 nitrogen and oxygen atoms in total. The van der Waals surface area contributed by atoms with Gasteiger partial charge in [-0.05, 0) is 43.0 Å². The van der Waals surface area contributed by atoms with E-state index in [4.69, 9.17) is 5.73 Å². The van der Waals surface area contributed by atoms with E-state index in [-0.39, 0.29) is 11.3 Å². The summed E-state index contributed by atoms with van der Waals surface area (Å²) in [5.41, 5.74) is 9.59. The standard InChI is InChI=1S/C12H17NOS/c1-7-4-10-11(13)6-9(3)15(14)12(10)5-8(7)2/h4-5,9,11H,6,13H2,1-3H3. The van der Waals surface area contributed by atoms with Crippen molar-refractivity contribution in [3.63, 3.8) is 0 Å². The number of benzene rings is 1. The fourth-order valence-corrected chi connectivity index (χ4v) is 3.62. The Balaban J connectivity index is 2.61. The van der Waals surface area contributed by atoms with Crippen molar-refractivity contribution < 1.29 is 4.21 Å². The summed E-state index contributed by atoms with van der Waals surface area (Å²) >= 11 is 0. The van der Waals surface area contributed by atoms with Gasteiger partial charge in [0.25, 0.3) is 0 Å². The van der Waals surface area contributed by atoms with Crippen LogP contribution in [0, 0.1) is 13.8 Å². The van der Waals surface area contributed by atoms with Crippen molar-refractivity contribution >= 4 is 10.8 Å². The maximum absolute atomic E-state index is 12.1. The van der Waals surface area contributed by atoms with E-state index < -0.39 is 10.8 Å². The minimum absolute atomic E-state index is 0.0481. The van der Waals surface area contributed by atoms with Crippen LogP contribution in [0.25, 0.3) is 0 Å². The largest absolute Gasteiger partial charge is 0.324 e. The van der Waals surface area contributed by atoms with E-state index >= 15 is 0 Å². The number of nitrogens with two attached hydrogens (primary N) is 1. The average molecular weight is 223 g/mol. The zero-order chi connectivity index (χ0) is 11.2. The predicted octanol–water partition coefficient (Wildman–Crippen LogP) is 2.20. The minimum Gasteiger partial charge on any atom is -0.324 e. The summed E-state index contributed by atoms with van der Waals surface area (Å²) in [6.45, 7) is 6.13. The number of hydrogen-bond acceptors (Lipinski definition) is 2. The molecular formula is C12H17NOS. The van der Waals surface area contributed by atoms with Crippen LogP contribution in [0.4, 0.5) is 0 Å². The first-order valence-electron chi connectivity index (χ1n) is 5.28. The molecule has 0 aromatic heterocycles. The van der Waals surface area contributed by atoms with Crippen molar-refractivity contribution in [2.24, 2.45) is 5.73 Å². The second kappa shape index (κ2) is 3.72. The van der Waals surface area contributed by atoms with Crippen molar-refractivity contribution in [1.82, 2.24) is 0 Å². The average Bonchev–Trinajstić information content (AvgIpc) is 2.18. The van der Waals surface area contributed by atoms with E-state index in [1.165, 1.54) is 11.1 Å². The quantitative estimate of drug-likeness (QED) is 0.732. The molecule has 0 fully saturated rings. The zero-order valence-electron chi connectivity index (χ0n) is 9.41. The van der Waals surface area contributed by atoms with Crippen molar-refractivity contribution in [3.05, 3.63) is 28.8 Å². The van der Waals surface area contributed by atoms with E-state index in [1.54, 1.807) is 0 Å². The van der Waals surface area contributed by atoms with Gasteiger partial charge in [-0.25, -0.2) is 0 Å². The number of rotatable bonds is 0. The Labute approximate surface area is 93.3 Å². The summed E-state index contributed by atoms with van der Waals surface area (Å²) < 4.78 is 12.1. The molecule has 0 radical (unpaired) electrons. The molecule has 82 valence electrons. The highest BCUT2D eigenvalue weighted by atomic mass is 32.2. The van der Waals surface area contributed by atoms with Gasteiger partial charge in [0.1, 0.15) is 0 Å². The second-order valence-corrected chi connectivity index (χ2v) is 6.26. The Hall–Kier alpha value is -0.670. The molecule has 3 atom stereocenters. The molecule has 2 rings (SSSR count). The van der Waals surface area contributed by atoms with Crippen LogP contribution < -0.4 is 5.73 Å². The van der Waals surface area contributed by atoms with Crippen molar-refractivity contribution in [1.29, 1.82) is 0 Å². The van der Waals surface area contributed by atoms with Crippen LogP contribution in [0.5, 0.6) is 0 Å². The maximum Gasteiger partial charge on any atom is 0.0562 e. The Bertz CT molecular complexity index is 428. The molecule has 1 aliphatic rings. The summed E-state index contributed by atoms with van der Waals surface area (Å²) in [6, 6.07) is 4.18. The lowest BCUT2D eigenvalue weighted by molar-refractivity contribution is 0.591. The Morgan fingerprint density at radius 1 is 1.33 bits per heavy atom. The van der Waals surface area contributed by atoms with Crippen LogP contribution in [0.2, 0.25) is 0 Å². The van der Waals surface area contributed by atoms with Gasteiger partial charge in [0.15, 0.2) is 0 Å². The molecule has 1 aliphatic heterocycles. The van der Waals surface area contributed by atoms with E-state index in [9.17, 15) is 4.21 Å². The van der Waals surface area contributed by atoms with Gasteiger partial charge < -0.3 is 5.73 Å². The predicted molar refractivity (Wildman–Crippen MR) is 63.3 cm³/mol. The smallest absolute Gasteiger partial charge is 0.0562 e. The van der Waals surface area contributed by atoms with Gasteiger partial charge in [0.2, 0.25) is 0 Å². The highest BCUT2D eigenvalue weighted by Crippen LogP contribution is 2.33. The number of hydrogen-bond donors (Lipinski definition) is 1. The molecule has 0 spiro atoms. The maximum atomic E-state index is 12.1. The molecule has 1 aromatic carbocycles. The third kappa shape index (κ3) is 1.74. The second-order valence-electron chi connectivity index (χ2n) is 4.42. The molecule has 3 heteroatoms. The van der Waals surface area contributed by atoms with Gasteiger partial charge in [-0.15, -0.1) is 0 Å². The van der Waals surface area contributed by atoms with Gasteiger partial charge in [0, 0.05) is 16.2 Å². The topological polar surface area (TPSA) is 43.1 Å². The lowest BCUT2D eigenvalue weighted by atomic mass is 9.98. The van der Waals surface area contributed by atoms with Gasteiger partial charge >= 0.3 is 0 Å². The summed E-state index contributed by atoms with van der Waals surface area (Å²) in [5.74, 6) is 0. The van der Waals surface area contributed by atoms with Crippen LogP contribution in [0.3, 0.4) is 0 Å². The molecular weight excluding hydrogens is 206 g/mol. The number of fused-ring (bicyclic) bond motifs is 1. The van der Waals surface area contributed by atoms with Crippen molar-refractivity contribution in [3.8, 4) is 0 Å². The van der Waals surface area contributed by atoms with E-state index in [1.807, 2.05) is 13.0 Å². The van der Waals surface area contributed by atoms with Gasteiger partial charge in [-0.1, -0.05) is 13.0 Å². The van der Waals surface area contributed by atoms with Gasteiger partial charge in [-0.2, -0.15) is 0 Å². The third-order valence-electron chi connectivity index (χ3n) is 3.19. The Morgan fingerprint density at radius 2 is 1.93 bits per heavy atom. The lowest BCUT2D eigenvalue weighted by Crippen LogP contribution is -2.27. The van der Waals surface area contributed by atoms with Crippen LogP contribution in [0.15, 0.2) is 17.0 Å². The Morgan fingerprint density at radius 3 is 2.60 bits per heavy atom. The summed E-state index contributed by atoms with van der Waals surface area (Å²) in [4.78, 5) is 0.948. The van der Waals surface area contributed by atoms with Gasteiger partial charge in [-0.3, -0.25) is 4.21 Å². The summed E-state index contributed by atoms with van der Waals surface area (Å²) in [5, 5.41) is 0.176. The Kier molecular flexibility index (Phi) is 2.69. The first-order valence-corrected chi connectivity index (χ1v) is 6.49. The molecule has 2 N–H and O–H groups in total. The van der Waals surface area contributed by atoms with Gasteiger partial charge in [0.05, 0.1) is 10.8 Å². The molecule has 0 bridgehead atoms. The molecule has 1 heterocycles. The van der Waals surface area contributed by atoms with E-state index in [0.717, 1.165) is 16.9 Å². The number of aryl methyl sites for hydroxylation is 2.